The molecule has 0 radical (unpaired) electrons. The predicted octanol–water partition coefficient (Wildman–Crippen LogP) is 3.14. The van der Waals surface area contributed by atoms with Gasteiger partial charge in [0.2, 0.25) is 0 Å². The van der Waals surface area contributed by atoms with Crippen LogP contribution in [-0.4, -0.2) is 28.5 Å². The lowest BCUT2D eigenvalue weighted by Gasteiger charge is -2.05. The van der Waals surface area contributed by atoms with Gasteiger partial charge in [0, 0.05) is 30.8 Å². The Morgan fingerprint density at radius 2 is 1.63 bits per heavy atom. The number of aromatic nitrogens is 2. The van der Waals surface area contributed by atoms with Crippen molar-refractivity contribution in [1.82, 2.24) is 9.55 Å². The predicted molar refractivity (Wildman–Crippen MR) is 105 cm³/mol. The quantitative estimate of drug-likeness (QED) is 0.400. The van der Waals surface area contributed by atoms with Gasteiger partial charge in [-0.25, -0.2) is 4.98 Å². The van der Waals surface area contributed by atoms with Crippen LogP contribution in [0.3, 0.4) is 0 Å². The first-order valence-electron chi connectivity index (χ1n) is 8.62. The number of amidine groups is 1. The van der Waals surface area contributed by atoms with Gasteiger partial charge in [-0.1, -0.05) is 48.5 Å². The van der Waals surface area contributed by atoms with E-state index in [4.69, 9.17) is 11.1 Å². The third-order valence-corrected chi connectivity index (χ3v) is 4.46. The minimum Gasteiger partial charge on any atom is -0.469 e. The fourth-order valence-electron chi connectivity index (χ4n) is 2.87. The Morgan fingerprint density at radius 1 is 1.07 bits per heavy atom. The van der Waals surface area contributed by atoms with E-state index in [2.05, 4.69) is 9.72 Å². The summed E-state index contributed by atoms with van der Waals surface area (Å²) < 4.78 is 6.62. The van der Waals surface area contributed by atoms with Crippen molar-refractivity contribution in [1.29, 1.82) is 5.41 Å². The van der Waals surface area contributed by atoms with Crippen LogP contribution >= 0.6 is 0 Å². The average molecular weight is 362 g/mol. The second-order valence-corrected chi connectivity index (χ2v) is 6.30. The van der Waals surface area contributed by atoms with Gasteiger partial charge in [0.05, 0.1) is 19.2 Å². The van der Waals surface area contributed by atoms with Gasteiger partial charge in [-0.2, -0.15) is 0 Å². The van der Waals surface area contributed by atoms with Crippen molar-refractivity contribution in [3.05, 3.63) is 66.1 Å². The largest absolute Gasteiger partial charge is 0.469 e. The normalized spacial score (nSPS) is 10.6. The number of carbonyl (C=O) groups excluding carboxylic acids is 1. The number of imidazole rings is 1. The minimum absolute atomic E-state index is 0.0649. The number of ether oxygens (including phenoxy) is 1. The van der Waals surface area contributed by atoms with Crippen LogP contribution in [-0.2, 0) is 23.0 Å². The van der Waals surface area contributed by atoms with Crippen LogP contribution in [0, 0.1) is 5.41 Å². The molecule has 6 heteroatoms. The second-order valence-electron chi connectivity index (χ2n) is 6.30. The first kappa shape index (κ1) is 18.4. The molecule has 0 saturated carbocycles. The van der Waals surface area contributed by atoms with Crippen LogP contribution < -0.4 is 5.73 Å². The molecule has 1 heterocycles. The molecule has 27 heavy (non-hydrogen) atoms. The zero-order valence-corrected chi connectivity index (χ0v) is 15.4. The van der Waals surface area contributed by atoms with E-state index in [-0.39, 0.29) is 11.8 Å². The lowest BCUT2D eigenvalue weighted by atomic mass is 10.0. The van der Waals surface area contributed by atoms with Gasteiger partial charge >= 0.3 is 5.97 Å². The molecule has 0 amide bonds. The molecule has 3 rings (SSSR count). The summed E-state index contributed by atoms with van der Waals surface area (Å²) in [5, 5.41) is 7.46. The molecular weight excluding hydrogens is 340 g/mol. The molecule has 0 spiro atoms. The average Bonchev–Trinajstić information content (AvgIpc) is 3.07. The molecule has 2 aromatic carbocycles. The maximum absolute atomic E-state index is 11.3. The Bertz CT molecular complexity index is 957. The zero-order chi connectivity index (χ0) is 19.4. The molecule has 3 aromatic rings. The first-order chi connectivity index (χ1) is 13.0. The first-order valence-corrected chi connectivity index (χ1v) is 8.62. The molecule has 6 nitrogen and oxygen atoms in total. The molecule has 0 atom stereocenters. The van der Waals surface area contributed by atoms with E-state index >= 15 is 0 Å². The number of carbonyl (C=O) groups is 1. The molecule has 0 bridgehead atoms. The molecule has 0 aliphatic rings. The molecule has 138 valence electrons. The third kappa shape index (κ3) is 4.23. The summed E-state index contributed by atoms with van der Waals surface area (Å²) in [5.41, 5.74) is 10.2. The van der Waals surface area contributed by atoms with Crippen molar-refractivity contribution in [3.63, 3.8) is 0 Å². The van der Waals surface area contributed by atoms with E-state index in [1.165, 1.54) is 7.11 Å². The summed E-state index contributed by atoms with van der Waals surface area (Å²) >= 11 is 0. The Balaban J connectivity index is 1.77. The minimum atomic E-state index is -0.236. The van der Waals surface area contributed by atoms with E-state index in [1.807, 2.05) is 66.3 Å². The van der Waals surface area contributed by atoms with Crippen molar-refractivity contribution in [2.75, 3.05) is 7.11 Å². The lowest BCUT2D eigenvalue weighted by Crippen LogP contribution is -2.10. The highest BCUT2D eigenvalue weighted by atomic mass is 16.5. The van der Waals surface area contributed by atoms with Crippen LogP contribution in [0.15, 0.2) is 54.7 Å². The number of nitrogens with two attached hydrogens (primary N) is 1. The number of rotatable bonds is 6. The molecule has 0 aliphatic carbocycles. The van der Waals surface area contributed by atoms with Crippen LogP contribution in [0.1, 0.15) is 17.8 Å². The van der Waals surface area contributed by atoms with Crippen molar-refractivity contribution < 1.29 is 9.53 Å². The highest BCUT2D eigenvalue weighted by Crippen LogP contribution is 2.25. The number of nitrogen functional groups attached to an aromatic ring is 1. The van der Waals surface area contributed by atoms with Crippen molar-refractivity contribution in [2.45, 2.75) is 12.8 Å². The molecule has 0 unspecified atom stereocenters. The maximum atomic E-state index is 11.3. The van der Waals surface area contributed by atoms with Crippen molar-refractivity contribution in [2.24, 2.45) is 12.8 Å². The molecular formula is C21H22N4O2. The molecule has 1 aromatic heterocycles. The van der Waals surface area contributed by atoms with E-state index in [0.717, 1.165) is 28.2 Å². The molecule has 3 N–H and O–H groups in total. The number of methoxy groups -OCH3 is 1. The molecule has 0 fully saturated rings. The van der Waals surface area contributed by atoms with Crippen LogP contribution in [0.5, 0.6) is 0 Å². The standard InChI is InChI=1S/C21H22N4O2/c1-25-13-18(24-19(25)11-12-20(26)27-2)16-7-3-14(4-8-16)15-5-9-17(10-6-15)21(22)23/h3-10,13H,11-12H2,1-2H3,(H3,22,23). The Morgan fingerprint density at radius 3 is 2.19 bits per heavy atom. The van der Waals surface area contributed by atoms with E-state index < -0.39 is 0 Å². The number of hydrogen-bond donors (Lipinski definition) is 2. The van der Waals surface area contributed by atoms with Crippen molar-refractivity contribution >= 4 is 11.8 Å². The number of esters is 1. The number of nitrogens with one attached hydrogen (secondary N) is 1. The van der Waals surface area contributed by atoms with Gasteiger partial charge in [-0.3, -0.25) is 10.2 Å². The topological polar surface area (TPSA) is 94.0 Å². The number of nitrogens with zero attached hydrogens (tertiary/aromatic N) is 2. The summed E-state index contributed by atoms with van der Waals surface area (Å²) in [6.07, 6.45) is 2.82. The Labute approximate surface area is 158 Å². The van der Waals surface area contributed by atoms with Crippen LogP contribution in [0.2, 0.25) is 0 Å². The van der Waals surface area contributed by atoms with Crippen LogP contribution in [0.4, 0.5) is 0 Å². The highest BCUT2D eigenvalue weighted by molar-refractivity contribution is 5.95. The van der Waals surface area contributed by atoms with Crippen molar-refractivity contribution in [3.8, 4) is 22.4 Å². The van der Waals surface area contributed by atoms with Gasteiger partial charge in [0.15, 0.2) is 0 Å². The highest BCUT2D eigenvalue weighted by Gasteiger charge is 2.10. The Hall–Kier alpha value is -3.41. The summed E-state index contributed by atoms with van der Waals surface area (Å²) in [6, 6.07) is 15.7. The molecule has 0 aliphatic heterocycles. The molecule has 0 saturated heterocycles. The summed E-state index contributed by atoms with van der Waals surface area (Å²) in [5.74, 6) is 0.675. The van der Waals surface area contributed by atoms with Gasteiger partial charge in [-0.05, 0) is 11.1 Å². The lowest BCUT2D eigenvalue weighted by molar-refractivity contribution is -0.140. The Kier molecular flexibility index (Phi) is 5.35. The van der Waals surface area contributed by atoms with E-state index in [1.54, 1.807) is 0 Å². The summed E-state index contributed by atoms with van der Waals surface area (Å²) in [6.45, 7) is 0. The fourth-order valence-corrected chi connectivity index (χ4v) is 2.87. The number of hydrogen-bond acceptors (Lipinski definition) is 4. The SMILES string of the molecule is COC(=O)CCc1nc(-c2ccc(-c3ccc(C(=N)N)cc3)cc2)cn1C. The maximum Gasteiger partial charge on any atom is 0.305 e. The monoisotopic (exact) mass is 362 g/mol. The zero-order valence-electron chi connectivity index (χ0n) is 15.4. The number of benzene rings is 2. The van der Waals surface area contributed by atoms with Gasteiger partial charge in [-0.15, -0.1) is 0 Å². The fraction of sp³-hybridized carbons (Fsp3) is 0.190. The van der Waals surface area contributed by atoms with E-state index in [9.17, 15) is 4.79 Å². The van der Waals surface area contributed by atoms with Gasteiger partial charge in [0.1, 0.15) is 11.7 Å². The third-order valence-electron chi connectivity index (χ3n) is 4.46. The van der Waals surface area contributed by atoms with E-state index in [0.29, 0.717) is 18.4 Å². The van der Waals surface area contributed by atoms with Gasteiger partial charge < -0.3 is 15.0 Å². The number of aryl methyl sites for hydroxylation is 2. The smallest absolute Gasteiger partial charge is 0.305 e. The second kappa shape index (κ2) is 7.86. The summed E-state index contributed by atoms with van der Waals surface area (Å²) in [7, 11) is 3.31. The summed E-state index contributed by atoms with van der Waals surface area (Å²) in [4.78, 5) is 16.0. The van der Waals surface area contributed by atoms with Crippen LogP contribution in [0.25, 0.3) is 22.4 Å². The van der Waals surface area contributed by atoms with Gasteiger partial charge in [0.25, 0.3) is 0 Å².